The first-order chi connectivity index (χ1) is 7.72. The molecule has 82 valence electrons. The predicted octanol–water partition coefficient (Wildman–Crippen LogP) is 0.826. The van der Waals surface area contributed by atoms with E-state index < -0.39 is 8.32 Å². The Bertz CT molecular complexity index is 444. The third-order valence-corrected chi connectivity index (χ3v) is 4.83. The number of rotatable bonds is 3. The molecule has 1 nitrogen and oxygen atoms in total. The Morgan fingerprint density at radius 1 is 1.12 bits per heavy atom. The molecule has 0 saturated heterocycles. The quantitative estimate of drug-likeness (QED) is 0.751. The van der Waals surface area contributed by atoms with E-state index >= 15 is 0 Å². The summed E-state index contributed by atoms with van der Waals surface area (Å²) in [6.07, 6.45) is 0. The molecule has 0 bridgehead atoms. The Kier molecular flexibility index (Phi) is 4.96. The van der Waals surface area contributed by atoms with Crippen LogP contribution >= 0.6 is 0 Å². The van der Waals surface area contributed by atoms with Crippen molar-refractivity contribution in [1.29, 1.82) is 0 Å². The molecule has 17 heavy (non-hydrogen) atoms. The van der Waals surface area contributed by atoms with Gasteiger partial charge in [-0.1, -0.05) is 17.3 Å². The topological polar surface area (TPSA) is 9.23 Å². The number of hydrogen-bond acceptors (Lipinski definition) is 1. The standard InChI is InChI=1S/C11H12OSi5/c1-17(2,3)12-8-6-4-5-7(9(8)13)10(14)11(15)16/h4-6H,1-3H3. The fourth-order valence-electron chi connectivity index (χ4n) is 1.29. The van der Waals surface area contributed by atoms with Gasteiger partial charge in [0.05, 0.1) is 41.0 Å². The molecule has 0 atom stereocenters. The minimum absolute atomic E-state index is 0.853. The van der Waals surface area contributed by atoms with Crippen molar-refractivity contribution in [3.05, 3.63) is 28.6 Å². The highest BCUT2D eigenvalue weighted by molar-refractivity contribution is 6.70. The predicted molar refractivity (Wildman–Crippen MR) is 80.0 cm³/mol. The van der Waals surface area contributed by atoms with Crippen molar-refractivity contribution in [2.45, 2.75) is 19.6 Å². The van der Waals surface area contributed by atoms with Crippen LogP contribution in [0.3, 0.4) is 0 Å². The Morgan fingerprint density at radius 2 is 1.71 bits per heavy atom. The Morgan fingerprint density at radius 3 is 2.18 bits per heavy atom. The van der Waals surface area contributed by atoms with Crippen LogP contribution in [0.1, 0.15) is 5.56 Å². The third kappa shape index (κ3) is 4.21. The van der Waals surface area contributed by atoms with E-state index in [4.69, 9.17) is 4.43 Å². The summed E-state index contributed by atoms with van der Waals surface area (Å²) in [4.78, 5) is 0.853. The molecule has 0 aliphatic carbocycles. The minimum Gasteiger partial charge on any atom is -0.544 e. The zero-order valence-electron chi connectivity index (χ0n) is 10.1. The maximum Gasteiger partial charge on any atom is 0.242 e. The molecule has 1 aromatic carbocycles. The largest absolute Gasteiger partial charge is 0.544 e. The molecule has 12 radical (unpaired) electrons. The lowest BCUT2D eigenvalue weighted by Crippen LogP contribution is -2.32. The summed E-state index contributed by atoms with van der Waals surface area (Å²) in [5, 5.41) is 1.89. The molecule has 1 rings (SSSR count). The van der Waals surface area contributed by atoms with Gasteiger partial charge in [0.15, 0.2) is 0 Å². The second kappa shape index (κ2) is 5.66. The van der Waals surface area contributed by atoms with E-state index in [1.54, 1.807) is 0 Å². The van der Waals surface area contributed by atoms with Gasteiger partial charge in [-0.05, 0) is 36.5 Å². The highest BCUT2D eigenvalue weighted by Crippen LogP contribution is 2.18. The van der Waals surface area contributed by atoms with Crippen molar-refractivity contribution in [1.82, 2.24) is 0 Å². The van der Waals surface area contributed by atoms with Crippen LogP contribution in [0.5, 0.6) is 5.75 Å². The van der Waals surface area contributed by atoms with Crippen LogP contribution in [0, 0.1) is 0 Å². The highest BCUT2D eigenvalue weighted by atomic mass is 28.4. The van der Waals surface area contributed by atoms with Gasteiger partial charge in [0.1, 0.15) is 5.75 Å². The molecule has 0 saturated carbocycles. The molecule has 0 aliphatic rings. The molecular weight excluding hydrogens is 289 g/mol. The normalized spacial score (nSPS) is 11.2. The summed E-state index contributed by atoms with van der Waals surface area (Å²) in [5.74, 6) is 0.883. The Balaban J connectivity index is 3.22. The molecule has 0 aliphatic heterocycles. The zero-order chi connectivity index (χ0) is 13.2. The maximum atomic E-state index is 6.02. The minimum atomic E-state index is -1.60. The summed E-state index contributed by atoms with van der Waals surface area (Å²) < 4.78 is 6.02. The lowest BCUT2D eigenvalue weighted by Gasteiger charge is -2.22. The first-order valence-corrected chi connectivity index (χ1v) is 10.6. The van der Waals surface area contributed by atoms with E-state index in [0.717, 1.165) is 26.5 Å². The number of benzene rings is 1. The van der Waals surface area contributed by atoms with Crippen molar-refractivity contribution in [2.24, 2.45) is 0 Å². The van der Waals surface area contributed by atoms with Crippen LogP contribution < -0.4 is 9.61 Å². The molecule has 1 aromatic rings. The van der Waals surface area contributed by atoms with Gasteiger partial charge in [0, 0.05) is 0 Å². The summed E-state index contributed by atoms with van der Waals surface area (Å²) in [5.41, 5.74) is 1.04. The van der Waals surface area contributed by atoms with E-state index in [2.05, 4.69) is 60.6 Å². The van der Waals surface area contributed by atoms with Crippen molar-refractivity contribution >= 4 is 59.7 Å². The Labute approximate surface area is 118 Å². The molecule has 0 spiro atoms. The molecular formula is C11H12OSi5. The van der Waals surface area contributed by atoms with Gasteiger partial charge in [0.2, 0.25) is 8.32 Å². The van der Waals surface area contributed by atoms with Crippen molar-refractivity contribution in [3.8, 4) is 5.75 Å². The lowest BCUT2D eigenvalue weighted by atomic mass is 10.2. The van der Waals surface area contributed by atoms with Gasteiger partial charge in [-0.15, -0.1) is 4.82 Å². The SMILES string of the molecule is C[Si](C)(C)Oc1cccc(C([Si])=C([Si])[Si])c1[Si]. The average Bonchev–Trinajstić information content (AvgIpc) is 2.18. The molecule has 6 heteroatoms. The zero-order valence-corrected chi connectivity index (χ0v) is 15.1. The van der Waals surface area contributed by atoms with E-state index in [1.807, 2.05) is 18.2 Å². The van der Waals surface area contributed by atoms with E-state index in [9.17, 15) is 0 Å². The van der Waals surface area contributed by atoms with Crippen molar-refractivity contribution < 1.29 is 4.43 Å². The Hall–Kier alpha value is -0.156. The van der Waals surface area contributed by atoms with E-state index in [1.165, 1.54) is 0 Å². The summed E-state index contributed by atoms with van der Waals surface area (Å²) >= 11 is 0. The maximum absolute atomic E-state index is 6.02. The van der Waals surface area contributed by atoms with Gasteiger partial charge in [-0.3, -0.25) is 0 Å². The van der Waals surface area contributed by atoms with E-state index in [0.29, 0.717) is 0 Å². The van der Waals surface area contributed by atoms with Crippen LogP contribution in [-0.2, 0) is 0 Å². The second-order valence-corrected chi connectivity index (χ2v) is 11.6. The first kappa shape index (κ1) is 14.9. The van der Waals surface area contributed by atoms with Gasteiger partial charge >= 0.3 is 0 Å². The van der Waals surface area contributed by atoms with Gasteiger partial charge in [-0.25, -0.2) is 0 Å². The second-order valence-electron chi connectivity index (χ2n) is 4.64. The van der Waals surface area contributed by atoms with Crippen molar-refractivity contribution in [3.63, 3.8) is 0 Å². The molecule has 0 heterocycles. The number of hydrogen-bond donors (Lipinski definition) is 0. The molecule has 0 unspecified atom stereocenters. The third-order valence-electron chi connectivity index (χ3n) is 1.96. The van der Waals surface area contributed by atoms with Crippen LogP contribution in [0.4, 0.5) is 0 Å². The molecule has 0 aromatic heterocycles. The first-order valence-electron chi connectivity index (χ1n) is 5.15. The summed E-state index contributed by atoms with van der Waals surface area (Å²) in [7, 11) is 12.5. The van der Waals surface area contributed by atoms with Crippen LogP contribution in [0.15, 0.2) is 23.0 Å². The van der Waals surface area contributed by atoms with Crippen LogP contribution in [-0.4, -0.2) is 49.3 Å². The fraction of sp³-hybridized carbons (Fsp3) is 0.273. The van der Waals surface area contributed by atoms with E-state index in [-0.39, 0.29) is 0 Å². The van der Waals surface area contributed by atoms with Gasteiger partial charge in [0.25, 0.3) is 0 Å². The summed E-state index contributed by atoms with van der Waals surface area (Å²) in [6, 6.07) is 5.97. The molecule has 0 fully saturated rings. The molecule has 0 amide bonds. The monoisotopic (exact) mass is 300 g/mol. The van der Waals surface area contributed by atoms with Crippen molar-refractivity contribution in [2.75, 3.05) is 0 Å². The van der Waals surface area contributed by atoms with Crippen LogP contribution in [0.25, 0.3) is 5.20 Å². The summed E-state index contributed by atoms with van der Waals surface area (Å²) in [6.45, 7) is 6.49. The average molecular weight is 301 g/mol. The lowest BCUT2D eigenvalue weighted by molar-refractivity contribution is 0.562. The van der Waals surface area contributed by atoms with Gasteiger partial charge < -0.3 is 4.43 Å². The smallest absolute Gasteiger partial charge is 0.242 e. The highest BCUT2D eigenvalue weighted by Gasteiger charge is 2.18. The fourth-order valence-corrected chi connectivity index (χ4v) is 3.17. The van der Waals surface area contributed by atoms with Gasteiger partial charge in [-0.2, -0.15) is 0 Å². The van der Waals surface area contributed by atoms with Crippen LogP contribution in [0.2, 0.25) is 19.6 Å². The molecule has 0 N–H and O–H groups in total.